The first-order valence-electron chi connectivity index (χ1n) is 6.54. The maximum Gasteiger partial charge on any atom is 0.326 e. The summed E-state index contributed by atoms with van der Waals surface area (Å²) < 4.78 is 0. The SMILES string of the molecule is CCC(C(=O)O)N(C)C(=O)C1NCCCC1(C)C. The predicted octanol–water partition coefficient (Wildman–Crippen LogP) is 1.09. The zero-order valence-corrected chi connectivity index (χ0v) is 11.7. The molecule has 0 spiro atoms. The van der Waals surface area contributed by atoms with Crippen molar-refractivity contribution < 1.29 is 14.7 Å². The highest BCUT2D eigenvalue weighted by molar-refractivity contribution is 5.87. The van der Waals surface area contributed by atoms with Crippen LogP contribution in [0, 0.1) is 5.41 Å². The van der Waals surface area contributed by atoms with Crippen molar-refractivity contribution >= 4 is 11.9 Å². The Labute approximate surface area is 109 Å². The number of carbonyl (C=O) groups is 2. The van der Waals surface area contributed by atoms with Gasteiger partial charge >= 0.3 is 5.97 Å². The van der Waals surface area contributed by atoms with Crippen molar-refractivity contribution in [3.63, 3.8) is 0 Å². The first-order chi connectivity index (χ1) is 8.31. The van der Waals surface area contributed by atoms with E-state index in [-0.39, 0.29) is 17.4 Å². The highest BCUT2D eigenvalue weighted by Crippen LogP contribution is 2.31. The normalized spacial score (nSPS) is 24.3. The Balaban J connectivity index is 2.82. The van der Waals surface area contributed by atoms with Crippen LogP contribution in [0.4, 0.5) is 0 Å². The number of likely N-dealkylation sites (N-methyl/N-ethyl adjacent to an activating group) is 1. The standard InChI is InChI=1S/C13H24N2O3/c1-5-9(12(17)18)15(4)11(16)10-13(2,3)7-6-8-14-10/h9-10,14H,5-8H2,1-4H3,(H,17,18). The number of hydrogen-bond acceptors (Lipinski definition) is 3. The van der Waals surface area contributed by atoms with Crippen LogP contribution in [0.15, 0.2) is 0 Å². The van der Waals surface area contributed by atoms with Crippen LogP contribution in [-0.2, 0) is 9.59 Å². The van der Waals surface area contributed by atoms with Crippen LogP contribution in [0.1, 0.15) is 40.0 Å². The molecule has 0 radical (unpaired) electrons. The van der Waals surface area contributed by atoms with Crippen LogP contribution >= 0.6 is 0 Å². The fourth-order valence-electron chi connectivity index (χ4n) is 2.60. The maximum absolute atomic E-state index is 12.4. The monoisotopic (exact) mass is 256 g/mol. The lowest BCUT2D eigenvalue weighted by Crippen LogP contribution is -2.58. The molecule has 0 saturated carbocycles. The minimum atomic E-state index is -0.943. The lowest BCUT2D eigenvalue weighted by molar-refractivity contribution is -0.151. The molecule has 1 fully saturated rings. The van der Waals surface area contributed by atoms with Gasteiger partial charge in [-0.15, -0.1) is 0 Å². The third kappa shape index (κ3) is 3.02. The average molecular weight is 256 g/mol. The second-order valence-electron chi connectivity index (χ2n) is 5.69. The zero-order valence-electron chi connectivity index (χ0n) is 11.7. The molecule has 1 amide bonds. The molecule has 1 aliphatic heterocycles. The van der Waals surface area contributed by atoms with E-state index in [9.17, 15) is 9.59 Å². The van der Waals surface area contributed by atoms with Crippen LogP contribution in [0.2, 0.25) is 0 Å². The van der Waals surface area contributed by atoms with E-state index in [1.807, 2.05) is 0 Å². The van der Waals surface area contributed by atoms with E-state index in [0.29, 0.717) is 6.42 Å². The number of carbonyl (C=O) groups excluding carboxylic acids is 1. The lowest BCUT2D eigenvalue weighted by atomic mass is 9.77. The van der Waals surface area contributed by atoms with Crippen LogP contribution < -0.4 is 5.32 Å². The first-order valence-corrected chi connectivity index (χ1v) is 6.54. The van der Waals surface area contributed by atoms with Crippen LogP contribution in [0.5, 0.6) is 0 Å². The molecule has 0 aromatic carbocycles. The predicted molar refractivity (Wildman–Crippen MR) is 69.3 cm³/mol. The van der Waals surface area contributed by atoms with Gasteiger partial charge < -0.3 is 15.3 Å². The molecule has 2 atom stereocenters. The topological polar surface area (TPSA) is 69.6 Å². The number of rotatable bonds is 4. The number of carboxylic acid groups (broad SMARTS) is 1. The number of carboxylic acids is 1. The van der Waals surface area contributed by atoms with Gasteiger partial charge in [-0.2, -0.15) is 0 Å². The summed E-state index contributed by atoms with van der Waals surface area (Å²) in [6, 6.07) is -1.03. The van der Waals surface area contributed by atoms with E-state index in [2.05, 4.69) is 19.2 Å². The number of aliphatic carboxylic acids is 1. The van der Waals surface area contributed by atoms with Gasteiger partial charge in [-0.1, -0.05) is 20.8 Å². The first kappa shape index (κ1) is 15.0. The Kier molecular flexibility index (Phi) is 4.73. The molecule has 1 saturated heterocycles. The van der Waals surface area contributed by atoms with Crippen LogP contribution in [-0.4, -0.2) is 47.6 Å². The summed E-state index contributed by atoms with van der Waals surface area (Å²) in [4.78, 5) is 24.9. The van der Waals surface area contributed by atoms with Gasteiger partial charge in [0.25, 0.3) is 0 Å². The molecule has 0 aromatic rings. The molecule has 2 unspecified atom stereocenters. The second-order valence-corrected chi connectivity index (χ2v) is 5.69. The van der Waals surface area contributed by atoms with Crippen molar-refractivity contribution in [1.82, 2.24) is 10.2 Å². The lowest BCUT2D eigenvalue weighted by Gasteiger charge is -2.41. The number of nitrogens with zero attached hydrogens (tertiary/aromatic N) is 1. The Hall–Kier alpha value is -1.10. The molecule has 1 heterocycles. The van der Waals surface area contributed by atoms with Gasteiger partial charge in [0.2, 0.25) is 5.91 Å². The number of amides is 1. The third-order valence-corrected chi connectivity index (χ3v) is 3.86. The molecule has 1 aliphatic rings. The molecular formula is C13H24N2O3. The van der Waals surface area contributed by atoms with Gasteiger partial charge in [0.1, 0.15) is 6.04 Å². The van der Waals surface area contributed by atoms with E-state index in [4.69, 9.17) is 5.11 Å². The summed E-state index contributed by atoms with van der Waals surface area (Å²) in [5.41, 5.74) is -0.125. The van der Waals surface area contributed by atoms with Crippen molar-refractivity contribution in [3.8, 4) is 0 Å². The maximum atomic E-state index is 12.4. The summed E-state index contributed by atoms with van der Waals surface area (Å²) in [6.07, 6.45) is 2.45. The second kappa shape index (κ2) is 5.69. The summed E-state index contributed by atoms with van der Waals surface area (Å²) in [5, 5.41) is 12.3. The van der Waals surface area contributed by atoms with Gasteiger partial charge in [-0.3, -0.25) is 4.79 Å². The molecular weight excluding hydrogens is 232 g/mol. The van der Waals surface area contributed by atoms with Crippen molar-refractivity contribution in [2.45, 2.75) is 52.1 Å². The van der Waals surface area contributed by atoms with Crippen molar-refractivity contribution in [2.24, 2.45) is 5.41 Å². The fourth-order valence-corrected chi connectivity index (χ4v) is 2.60. The molecule has 104 valence electrons. The summed E-state index contributed by atoms with van der Waals surface area (Å²) in [5.74, 6) is -1.06. The van der Waals surface area contributed by atoms with E-state index in [0.717, 1.165) is 19.4 Å². The molecule has 5 heteroatoms. The largest absolute Gasteiger partial charge is 0.480 e. The van der Waals surface area contributed by atoms with Gasteiger partial charge in [0, 0.05) is 7.05 Å². The number of nitrogens with one attached hydrogen (secondary N) is 1. The van der Waals surface area contributed by atoms with E-state index < -0.39 is 12.0 Å². The number of piperidine rings is 1. The third-order valence-electron chi connectivity index (χ3n) is 3.86. The molecule has 1 rings (SSSR count). The van der Waals surface area contributed by atoms with E-state index in [1.54, 1.807) is 14.0 Å². The zero-order chi connectivity index (χ0) is 13.9. The van der Waals surface area contributed by atoms with Crippen molar-refractivity contribution in [3.05, 3.63) is 0 Å². The van der Waals surface area contributed by atoms with Crippen LogP contribution in [0.25, 0.3) is 0 Å². The molecule has 5 nitrogen and oxygen atoms in total. The van der Waals surface area contributed by atoms with Crippen molar-refractivity contribution in [1.29, 1.82) is 0 Å². The van der Waals surface area contributed by atoms with Gasteiger partial charge in [0.05, 0.1) is 6.04 Å². The Morgan fingerprint density at radius 2 is 2.11 bits per heavy atom. The van der Waals surface area contributed by atoms with E-state index >= 15 is 0 Å². The molecule has 0 aliphatic carbocycles. The summed E-state index contributed by atoms with van der Waals surface area (Å²) in [6.45, 7) is 6.70. The number of hydrogen-bond donors (Lipinski definition) is 2. The minimum Gasteiger partial charge on any atom is -0.480 e. The van der Waals surface area contributed by atoms with Gasteiger partial charge in [-0.25, -0.2) is 4.79 Å². The Morgan fingerprint density at radius 1 is 1.50 bits per heavy atom. The van der Waals surface area contributed by atoms with Gasteiger partial charge in [-0.05, 0) is 31.2 Å². The van der Waals surface area contributed by atoms with Gasteiger partial charge in [0.15, 0.2) is 0 Å². The highest BCUT2D eigenvalue weighted by Gasteiger charge is 2.40. The Bertz CT molecular complexity index is 328. The highest BCUT2D eigenvalue weighted by atomic mass is 16.4. The summed E-state index contributed by atoms with van der Waals surface area (Å²) in [7, 11) is 1.58. The van der Waals surface area contributed by atoms with Crippen LogP contribution in [0.3, 0.4) is 0 Å². The fraction of sp³-hybridized carbons (Fsp3) is 0.846. The quantitative estimate of drug-likeness (QED) is 0.790. The smallest absolute Gasteiger partial charge is 0.326 e. The summed E-state index contributed by atoms with van der Waals surface area (Å²) >= 11 is 0. The minimum absolute atomic E-state index is 0.117. The molecule has 18 heavy (non-hydrogen) atoms. The average Bonchev–Trinajstić information content (AvgIpc) is 2.27. The Morgan fingerprint density at radius 3 is 2.56 bits per heavy atom. The molecule has 0 aromatic heterocycles. The van der Waals surface area contributed by atoms with Crippen molar-refractivity contribution in [2.75, 3.05) is 13.6 Å². The van der Waals surface area contributed by atoms with E-state index in [1.165, 1.54) is 4.90 Å². The molecule has 0 bridgehead atoms. The molecule has 2 N–H and O–H groups in total.